The number of amides is 2. The average molecular weight is 228 g/mol. The molecule has 84 valence electrons. The van der Waals surface area contributed by atoms with Gasteiger partial charge in [0.05, 0.1) is 5.00 Å². The highest BCUT2D eigenvalue weighted by atomic mass is 32.1. The predicted molar refractivity (Wildman–Crippen MR) is 62.5 cm³/mol. The highest BCUT2D eigenvalue weighted by Crippen LogP contribution is 2.14. The standard InChI is InChI=1S/C10H16N2O2S/c1-2-14-7-4-6-11-10(13)12-9-5-3-8-15-9/h3,5,8H,2,4,6-7H2,1H3,(H2,11,12,13). The SMILES string of the molecule is CCOCCCNC(=O)Nc1cccs1. The van der Waals surface area contributed by atoms with Crippen molar-refractivity contribution in [3.8, 4) is 0 Å². The molecule has 0 spiro atoms. The van der Waals surface area contributed by atoms with Crippen molar-refractivity contribution in [1.82, 2.24) is 5.32 Å². The van der Waals surface area contributed by atoms with Crippen LogP contribution < -0.4 is 10.6 Å². The lowest BCUT2D eigenvalue weighted by Crippen LogP contribution is -2.29. The van der Waals surface area contributed by atoms with Crippen molar-refractivity contribution in [3.63, 3.8) is 0 Å². The number of carbonyl (C=O) groups is 1. The summed E-state index contributed by atoms with van der Waals surface area (Å²) < 4.78 is 5.15. The summed E-state index contributed by atoms with van der Waals surface area (Å²) in [5.41, 5.74) is 0. The van der Waals surface area contributed by atoms with Crippen molar-refractivity contribution in [1.29, 1.82) is 0 Å². The smallest absolute Gasteiger partial charge is 0.319 e. The van der Waals surface area contributed by atoms with E-state index in [2.05, 4.69) is 10.6 Å². The maximum Gasteiger partial charge on any atom is 0.319 e. The molecule has 0 aliphatic heterocycles. The summed E-state index contributed by atoms with van der Waals surface area (Å²) in [6.07, 6.45) is 0.839. The number of hydrogen-bond acceptors (Lipinski definition) is 3. The van der Waals surface area contributed by atoms with E-state index < -0.39 is 0 Å². The topological polar surface area (TPSA) is 50.4 Å². The van der Waals surface area contributed by atoms with Gasteiger partial charge in [-0.25, -0.2) is 4.79 Å². The van der Waals surface area contributed by atoms with Crippen LogP contribution in [0.2, 0.25) is 0 Å². The number of thiophene rings is 1. The lowest BCUT2D eigenvalue weighted by Gasteiger charge is -2.05. The Labute approximate surface area is 93.6 Å². The molecule has 1 heterocycles. The van der Waals surface area contributed by atoms with Crippen LogP contribution in [0.4, 0.5) is 9.80 Å². The third kappa shape index (κ3) is 5.39. The minimum atomic E-state index is -0.158. The van der Waals surface area contributed by atoms with Crippen LogP contribution in [0, 0.1) is 0 Å². The molecule has 0 aromatic carbocycles. The first-order valence-corrected chi connectivity index (χ1v) is 5.87. The fraction of sp³-hybridized carbons (Fsp3) is 0.500. The zero-order valence-corrected chi connectivity index (χ0v) is 9.60. The summed E-state index contributed by atoms with van der Waals surface area (Å²) in [5, 5.41) is 8.28. The molecule has 0 atom stereocenters. The van der Waals surface area contributed by atoms with E-state index in [1.165, 1.54) is 11.3 Å². The van der Waals surface area contributed by atoms with Crippen molar-refractivity contribution < 1.29 is 9.53 Å². The Balaban J connectivity index is 2.04. The van der Waals surface area contributed by atoms with Crippen LogP contribution in [0.1, 0.15) is 13.3 Å². The lowest BCUT2D eigenvalue weighted by molar-refractivity contribution is 0.145. The van der Waals surface area contributed by atoms with Crippen LogP contribution >= 0.6 is 11.3 Å². The highest BCUT2D eigenvalue weighted by Gasteiger charge is 2.00. The molecule has 1 rings (SSSR count). The second-order valence-electron chi connectivity index (χ2n) is 2.91. The number of anilines is 1. The number of ether oxygens (including phenoxy) is 1. The molecule has 15 heavy (non-hydrogen) atoms. The van der Waals surface area contributed by atoms with E-state index in [-0.39, 0.29) is 6.03 Å². The highest BCUT2D eigenvalue weighted by molar-refractivity contribution is 7.14. The van der Waals surface area contributed by atoms with Gasteiger partial charge in [-0.2, -0.15) is 0 Å². The van der Waals surface area contributed by atoms with Crippen LogP contribution in [-0.4, -0.2) is 25.8 Å². The first kappa shape index (κ1) is 12.0. The van der Waals surface area contributed by atoms with E-state index >= 15 is 0 Å². The number of hydrogen-bond donors (Lipinski definition) is 2. The summed E-state index contributed by atoms with van der Waals surface area (Å²) in [5.74, 6) is 0. The van der Waals surface area contributed by atoms with E-state index in [9.17, 15) is 4.79 Å². The molecule has 0 fully saturated rings. The van der Waals surface area contributed by atoms with Gasteiger partial charge < -0.3 is 10.1 Å². The second-order valence-corrected chi connectivity index (χ2v) is 3.86. The molecule has 2 amide bonds. The van der Waals surface area contributed by atoms with Gasteiger partial charge in [0.25, 0.3) is 0 Å². The monoisotopic (exact) mass is 228 g/mol. The van der Waals surface area contributed by atoms with Gasteiger partial charge in [0.2, 0.25) is 0 Å². The molecule has 0 unspecified atom stereocenters. The van der Waals surface area contributed by atoms with Gasteiger partial charge >= 0.3 is 6.03 Å². The molecule has 0 saturated carbocycles. The molecule has 1 aromatic heterocycles. The molecule has 0 saturated heterocycles. The fourth-order valence-corrected chi connectivity index (χ4v) is 1.64. The molecule has 0 radical (unpaired) electrons. The molecule has 4 nitrogen and oxygen atoms in total. The van der Waals surface area contributed by atoms with Crippen molar-refractivity contribution in [3.05, 3.63) is 17.5 Å². The van der Waals surface area contributed by atoms with Gasteiger partial charge in [-0.1, -0.05) is 0 Å². The second kappa shape index (κ2) is 7.25. The normalized spacial score (nSPS) is 9.93. The summed E-state index contributed by atoms with van der Waals surface area (Å²) in [7, 11) is 0. The zero-order valence-electron chi connectivity index (χ0n) is 8.79. The molecular weight excluding hydrogens is 212 g/mol. The van der Waals surface area contributed by atoms with Gasteiger partial charge in [-0.15, -0.1) is 11.3 Å². The number of urea groups is 1. The first-order valence-electron chi connectivity index (χ1n) is 4.99. The fourth-order valence-electron chi connectivity index (χ4n) is 1.03. The van der Waals surface area contributed by atoms with E-state index in [0.29, 0.717) is 13.2 Å². The molecule has 0 bridgehead atoms. The Bertz CT molecular complexity index is 275. The van der Waals surface area contributed by atoms with Gasteiger partial charge in [0, 0.05) is 19.8 Å². The van der Waals surface area contributed by atoms with Crippen LogP contribution in [-0.2, 0) is 4.74 Å². The summed E-state index contributed by atoms with van der Waals surface area (Å²) >= 11 is 1.50. The number of nitrogens with one attached hydrogen (secondary N) is 2. The largest absolute Gasteiger partial charge is 0.382 e. The van der Waals surface area contributed by atoms with Crippen molar-refractivity contribution >= 4 is 22.4 Å². The van der Waals surface area contributed by atoms with E-state index in [0.717, 1.165) is 18.0 Å². The van der Waals surface area contributed by atoms with Gasteiger partial charge in [-0.05, 0) is 30.9 Å². The summed E-state index contributed by atoms with van der Waals surface area (Å²) in [6, 6.07) is 3.61. The Kier molecular flexibility index (Phi) is 5.80. The maximum absolute atomic E-state index is 11.3. The van der Waals surface area contributed by atoms with Crippen LogP contribution in [0.25, 0.3) is 0 Å². The predicted octanol–water partition coefficient (Wildman–Crippen LogP) is 2.30. The Hall–Kier alpha value is -1.07. The van der Waals surface area contributed by atoms with Gasteiger partial charge in [-0.3, -0.25) is 5.32 Å². The minimum Gasteiger partial charge on any atom is -0.382 e. The van der Waals surface area contributed by atoms with Crippen molar-refractivity contribution in [2.24, 2.45) is 0 Å². The Morgan fingerprint density at radius 1 is 1.60 bits per heavy atom. The number of carbonyl (C=O) groups excluding carboxylic acids is 1. The quantitative estimate of drug-likeness (QED) is 0.734. The van der Waals surface area contributed by atoms with Crippen LogP contribution in [0.5, 0.6) is 0 Å². The molecular formula is C10H16N2O2S. The third-order valence-electron chi connectivity index (χ3n) is 1.71. The maximum atomic E-state index is 11.3. The van der Waals surface area contributed by atoms with E-state index in [4.69, 9.17) is 4.74 Å². The minimum absolute atomic E-state index is 0.158. The van der Waals surface area contributed by atoms with Crippen LogP contribution in [0.3, 0.4) is 0 Å². The summed E-state index contributed by atoms with van der Waals surface area (Å²) in [6.45, 7) is 4.01. The van der Waals surface area contributed by atoms with Crippen molar-refractivity contribution in [2.75, 3.05) is 25.1 Å². The third-order valence-corrected chi connectivity index (χ3v) is 2.50. The van der Waals surface area contributed by atoms with Crippen molar-refractivity contribution in [2.45, 2.75) is 13.3 Å². The molecule has 2 N–H and O–H groups in total. The van der Waals surface area contributed by atoms with Crippen LogP contribution in [0.15, 0.2) is 17.5 Å². The van der Waals surface area contributed by atoms with E-state index in [1.54, 1.807) is 0 Å². The molecule has 0 aliphatic carbocycles. The molecule has 0 aliphatic rings. The first-order chi connectivity index (χ1) is 7.33. The Morgan fingerprint density at radius 3 is 3.13 bits per heavy atom. The molecule has 1 aromatic rings. The Morgan fingerprint density at radius 2 is 2.47 bits per heavy atom. The number of rotatable bonds is 6. The van der Waals surface area contributed by atoms with Gasteiger partial charge in [0.15, 0.2) is 0 Å². The molecule has 5 heteroatoms. The zero-order chi connectivity index (χ0) is 10.9. The van der Waals surface area contributed by atoms with E-state index in [1.807, 2.05) is 24.4 Å². The summed E-state index contributed by atoms with van der Waals surface area (Å²) in [4.78, 5) is 11.3. The lowest BCUT2D eigenvalue weighted by atomic mass is 10.4. The average Bonchev–Trinajstić information content (AvgIpc) is 2.70. The van der Waals surface area contributed by atoms with Gasteiger partial charge in [0.1, 0.15) is 0 Å².